The molecule has 1 unspecified atom stereocenters. The number of benzene rings is 2. The van der Waals surface area contributed by atoms with Gasteiger partial charge in [0.1, 0.15) is 11.6 Å². The van der Waals surface area contributed by atoms with E-state index < -0.39 is 30.4 Å². The van der Waals surface area contributed by atoms with Gasteiger partial charge in [-0.2, -0.15) is 0 Å². The quantitative estimate of drug-likeness (QED) is 0.567. The summed E-state index contributed by atoms with van der Waals surface area (Å²) < 4.78 is 23.8. The number of para-hydroxylation sites is 1. The second-order valence-corrected chi connectivity index (χ2v) is 5.69. The van der Waals surface area contributed by atoms with Crippen molar-refractivity contribution in [2.45, 2.75) is 26.4 Å². The highest BCUT2D eigenvalue weighted by atomic mass is 19.1. The zero-order chi connectivity index (χ0) is 19.8. The highest BCUT2D eigenvalue weighted by molar-refractivity contribution is 5.96. The average Bonchev–Trinajstić information content (AvgIpc) is 2.67. The Morgan fingerprint density at radius 3 is 2.37 bits per heavy atom. The number of nitrogens with one attached hydrogen (secondary N) is 1. The Hall–Kier alpha value is -3.22. The molecule has 0 spiro atoms. The molecule has 0 bridgehead atoms. The predicted molar refractivity (Wildman–Crippen MR) is 97.1 cm³/mol. The third-order valence-electron chi connectivity index (χ3n) is 3.66. The smallest absolute Gasteiger partial charge is 0.344 e. The molecule has 0 aliphatic heterocycles. The molecule has 2 aromatic rings. The van der Waals surface area contributed by atoms with Crippen molar-refractivity contribution in [3.63, 3.8) is 0 Å². The maximum Gasteiger partial charge on any atom is 0.344 e. The summed E-state index contributed by atoms with van der Waals surface area (Å²) in [5.41, 5.74) is 0.564. The van der Waals surface area contributed by atoms with Gasteiger partial charge in [0, 0.05) is 12.0 Å². The van der Waals surface area contributed by atoms with Crippen LogP contribution < -0.4 is 10.1 Å². The van der Waals surface area contributed by atoms with E-state index in [4.69, 9.17) is 9.47 Å². The van der Waals surface area contributed by atoms with Gasteiger partial charge in [0.05, 0.1) is 5.69 Å². The lowest BCUT2D eigenvalue weighted by Gasteiger charge is -2.14. The summed E-state index contributed by atoms with van der Waals surface area (Å²) in [5, 5.41) is 2.35. The first-order valence-electron chi connectivity index (χ1n) is 8.41. The Morgan fingerprint density at radius 1 is 1.07 bits per heavy atom. The summed E-state index contributed by atoms with van der Waals surface area (Å²) in [5.74, 6) is -1.59. The minimum absolute atomic E-state index is 0.00312. The average molecular weight is 373 g/mol. The first-order valence-corrected chi connectivity index (χ1v) is 8.41. The fourth-order valence-corrected chi connectivity index (χ4v) is 2.17. The lowest BCUT2D eigenvalue weighted by atomic mass is 10.1. The minimum Gasteiger partial charge on any atom is -0.482 e. The molecule has 0 aromatic heterocycles. The van der Waals surface area contributed by atoms with E-state index in [2.05, 4.69) is 5.32 Å². The van der Waals surface area contributed by atoms with Crippen LogP contribution in [0.25, 0.3) is 0 Å². The van der Waals surface area contributed by atoms with Crippen molar-refractivity contribution >= 4 is 23.3 Å². The number of esters is 1. The first-order chi connectivity index (χ1) is 12.9. The fourth-order valence-electron chi connectivity index (χ4n) is 2.17. The Labute approximate surface area is 156 Å². The zero-order valence-corrected chi connectivity index (χ0v) is 15.0. The second kappa shape index (κ2) is 9.47. The Bertz CT molecular complexity index is 819. The summed E-state index contributed by atoms with van der Waals surface area (Å²) in [4.78, 5) is 35.3. The van der Waals surface area contributed by atoms with E-state index >= 15 is 0 Å². The molecule has 7 heteroatoms. The lowest BCUT2D eigenvalue weighted by molar-refractivity contribution is -0.155. The molecule has 0 fully saturated rings. The van der Waals surface area contributed by atoms with E-state index in [1.807, 2.05) is 0 Å². The topological polar surface area (TPSA) is 81.7 Å². The number of hydrogen-bond donors (Lipinski definition) is 1. The van der Waals surface area contributed by atoms with Crippen molar-refractivity contribution in [1.29, 1.82) is 0 Å². The molecular formula is C20H20FNO5. The molecule has 0 aliphatic rings. The van der Waals surface area contributed by atoms with Crippen LogP contribution in [-0.4, -0.2) is 30.4 Å². The van der Waals surface area contributed by atoms with E-state index in [-0.39, 0.29) is 11.5 Å². The van der Waals surface area contributed by atoms with Crippen LogP contribution in [-0.2, 0) is 14.3 Å². The van der Waals surface area contributed by atoms with E-state index in [1.54, 1.807) is 37.3 Å². The number of carbonyl (C=O) groups is 3. The van der Waals surface area contributed by atoms with Crippen LogP contribution in [0.15, 0.2) is 48.5 Å². The molecule has 27 heavy (non-hydrogen) atoms. The van der Waals surface area contributed by atoms with Gasteiger partial charge in [-0.25, -0.2) is 9.18 Å². The summed E-state index contributed by atoms with van der Waals surface area (Å²) in [6, 6.07) is 12.0. The molecule has 0 aliphatic carbocycles. The largest absolute Gasteiger partial charge is 0.482 e. The van der Waals surface area contributed by atoms with Crippen LogP contribution in [0.2, 0.25) is 0 Å². The van der Waals surface area contributed by atoms with E-state index in [1.165, 1.54) is 25.1 Å². The summed E-state index contributed by atoms with van der Waals surface area (Å²) in [6.07, 6.45) is -0.718. The van der Waals surface area contributed by atoms with Crippen LogP contribution in [0.3, 0.4) is 0 Å². The van der Waals surface area contributed by atoms with Gasteiger partial charge in [0.2, 0.25) is 0 Å². The van der Waals surface area contributed by atoms with Gasteiger partial charge in [-0.15, -0.1) is 0 Å². The number of carbonyl (C=O) groups excluding carboxylic acids is 3. The van der Waals surface area contributed by atoms with E-state index in [9.17, 15) is 18.8 Å². The Morgan fingerprint density at radius 2 is 1.74 bits per heavy atom. The normalized spacial score (nSPS) is 11.4. The number of anilines is 1. The van der Waals surface area contributed by atoms with E-state index in [0.717, 1.165) is 0 Å². The molecule has 0 radical (unpaired) electrons. The molecule has 6 nitrogen and oxygen atoms in total. The molecule has 1 atom stereocenters. The van der Waals surface area contributed by atoms with Gasteiger partial charge in [0.25, 0.3) is 5.91 Å². The molecule has 2 aromatic carbocycles. The van der Waals surface area contributed by atoms with Crippen molar-refractivity contribution in [2.75, 3.05) is 11.9 Å². The maximum absolute atomic E-state index is 13.5. The number of amides is 1. The van der Waals surface area contributed by atoms with Crippen molar-refractivity contribution in [3.05, 3.63) is 59.9 Å². The van der Waals surface area contributed by atoms with Gasteiger partial charge in [-0.3, -0.25) is 9.59 Å². The molecular weight excluding hydrogens is 353 g/mol. The lowest BCUT2D eigenvalue weighted by Crippen LogP contribution is -2.31. The highest BCUT2D eigenvalue weighted by Gasteiger charge is 2.19. The molecule has 0 saturated heterocycles. The Balaban J connectivity index is 1.81. The molecule has 2 rings (SSSR count). The zero-order valence-electron chi connectivity index (χ0n) is 15.0. The van der Waals surface area contributed by atoms with Crippen LogP contribution >= 0.6 is 0 Å². The predicted octanol–water partition coefficient (Wildman–Crippen LogP) is 3.37. The number of ketones is 1. The third kappa shape index (κ3) is 5.91. The van der Waals surface area contributed by atoms with Gasteiger partial charge in [0.15, 0.2) is 18.5 Å². The SMILES string of the molecule is CCC(=O)c1ccc(OCC(=O)OC(C)C(=O)Nc2ccccc2F)cc1. The van der Waals surface area contributed by atoms with Gasteiger partial charge < -0.3 is 14.8 Å². The Kier molecular flexibility index (Phi) is 7.05. The number of halogens is 1. The molecule has 142 valence electrons. The second-order valence-electron chi connectivity index (χ2n) is 5.69. The summed E-state index contributed by atoms with van der Waals surface area (Å²) >= 11 is 0. The van der Waals surface area contributed by atoms with Gasteiger partial charge in [-0.1, -0.05) is 19.1 Å². The van der Waals surface area contributed by atoms with Gasteiger partial charge in [-0.05, 0) is 43.3 Å². The van der Waals surface area contributed by atoms with Crippen LogP contribution in [0, 0.1) is 5.82 Å². The summed E-state index contributed by atoms with van der Waals surface area (Å²) in [6.45, 7) is 2.74. The number of ether oxygens (including phenoxy) is 2. The monoisotopic (exact) mass is 373 g/mol. The number of Topliss-reactive ketones (excluding diaryl/α,β-unsaturated/α-hetero) is 1. The van der Waals surface area contributed by atoms with Crippen LogP contribution in [0.4, 0.5) is 10.1 Å². The third-order valence-corrected chi connectivity index (χ3v) is 3.66. The van der Waals surface area contributed by atoms with Crippen molar-refractivity contribution < 1.29 is 28.2 Å². The molecule has 0 heterocycles. The van der Waals surface area contributed by atoms with Crippen molar-refractivity contribution in [3.8, 4) is 5.75 Å². The minimum atomic E-state index is -1.12. The van der Waals surface area contributed by atoms with Crippen molar-refractivity contribution in [1.82, 2.24) is 0 Å². The number of hydrogen-bond acceptors (Lipinski definition) is 5. The molecule has 1 N–H and O–H groups in total. The molecule has 0 saturated carbocycles. The highest BCUT2D eigenvalue weighted by Crippen LogP contribution is 2.15. The standard InChI is InChI=1S/C20H20FNO5/c1-3-18(23)14-8-10-15(11-9-14)26-12-19(24)27-13(2)20(25)22-17-7-5-4-6-16(17)21/h4-11,13H,3,12H2,1-2H3,(H,22,25). The fraction of sp³-hybridized carbons (Fsp3) is 0.250. The van der Waals surface area contributed by atoms with Crippen LogP contribution in [0.5, 0.6) is 5.75 Å². The first kappa shape index (κ1) is 20.1. The maximum atomic E-state index is 13.5. The van der Waals surface area contributed by atoms with Crippen molar-refractivity contribution in [2.24, 2.45) is 0 Å². The summed E-state index contributed by atoms with van der Waals surface area (Å²) in [7, 11) is 0. The number of rotatable bonds is 8. The van der Waals surface area contributed by atoms with E-state index in [0.29, 0.717) is 17.7 Å². The van der Waals surface area contributed by atoms with Crippen LogP contribution in [0.1, 0.15) is 30.6 Å². The van der Waals surface area contributed by atoms with Gasteiger partial charge >= 0.3 is 5.97 Å². The molecule has 1 amide bonds.